The number of ether oxygens (including phenoxy) is 1. The van der Waals surface area contributed by atoms with Gasteiger partial charge in [0.1, 0.15) is 17.9 Å². The van der Waals surface area contributed by atoms with E-state index in [1.807, 2.05) is 0 Å². The van der Waals surface area contributed by atoms with Crippen molar-refractivity contribution in [3.05, 3.63) is 60.2 Å². The molecule has 0 aliphatic carbocycles. The van der Waals surface area contributed by atoms with Crippen LogP contribution in [0.1, 0.15) is 19.4 Å². The molecule has 0 bridgehead atoms. The van der Waals surface area contributed by atoms with E-state index in [4.69, 9.17) is 4.74 Å². The highest BCUT2D eigenvalue weighted by molar-refractivity contribution is 7.91. The van der Waals surface area contributed by atoms with Crippen molar-refractivity contribution < 1.29 is 17.5 Å². The minimum Gasteiger partial charge on any atom is -0.496 e. The first-order valence-electron chi connectivity index (χ1n) is 8.89. The Bertz CT molecular complexity index is 1120. The van der Waals surface area contributed by atoms with Crippen molar-refractivity contribution in [2.75, 3.05) is 12.4 Å². The Hall–Kier alpha value is -3.07. The van der Waals surface area contributed by atoms with Crippen LogP contribution in [0, 0.1) is 5.82 Å². The number of rotatable bonds is 7. The van der Waals surface area contributed by atoms with Crippen molar-refractivity contribution >= 4 is 21.5 Å². The molecule has 0 aliphatic heterocycles. The zero-order chi connectivity index (χ0) is 21.0. The van der Waals surface area contributed by atoms with Crippen LogP contribution in [-0.4, -0.2) is 35.7 Å². The largest absolute Gasteiger partial charge is 0.496 e. The second-order valence-corrected chi connectivity index (χ2v) is 9.22. The molecule has 7 nitrogen and oxygen atoms in total. The zero-order valence-electron chi connectivity index (χ0n) is 16.3. The fourth-order valence-electron chi connectivity index (χ4n) is 2.60. The molecule has 0 saturated carbocycles. The van der Waals surface area contributed by atoms with Crippen molar-refractivity contribution in [1.82, 2.24) is 15.0 Å². The van der Waals surface area contributed by atoms with Crippen LogP contribution in [0.25, 0.3) is 11.4 Å². The molecule has 0 spiro atoms. The molecule has 0 fully saturated rings. The van der Waals surface area contributed by atoms with E-state index in [0.717, 1.165) is 0 Å². The Morgan fingerprint density at radius 2 is 1.93 bits per heavy atom. The molecule has 0 unspecified atom stereocenters. The monoisotopic (exact) mass is 416 g/mol. The number of sulfone groups is 1. The number of benzene rings is 2. The molecule has 0 saturated heterocycles. The van der Waals surface area contributed by atoms with E-state index in [1.54, 1.807) is 38.1 Å². The Morgan fingerprint density at radius 1 is 1.14 bits per heavy atom. The number of nitrogens with zero attached hydrogens (tertiary/aromatic N) is 3. The van der Waals surface area contributed by atoms with Crippen LogP contribution >= 0.6 is 0 Å². The molecule has 9 heteroatoms. The standard InChI is InChI=1S/C20H21FN4O3S/c1-13(2)29(26,27)11-14-5-4-6-16(9-14)24-20-23-12-22-19(25-20)17-8-7-15(21)10-18(17)28-3/h4-10,12-13H,11H2,1-3H3,(H,22,23,24,25). The summed E-state index contributed by atoms with van der Waals surface area (Å²) >= 11 is 0. The van der Waals surface area contributed by atoms with E-state index in [0.29, 0.717) is 28.4 Å². The van der Waals surface area contributed by atoms with E-state index in [-0.39, 0.29) is 11.7 Å². The lowest BCUT2D eigenvalue weighted by Crippen LogP contribution is -2.16. The van der Waals surface area contributed by atoms with Gasteiger partial charge in [0, 0.05) is 11.8 Å². The number of nitrogens with one attached hydrogen (secondary N) is 1. The Kier molecular flexibility index (Phi) is 6.07. The topological polar surface area (TPSA) is 94.1 Å². The molecule has 1 heterocycles. The summed E-state index contributed by atoms with van der Waals surface area (Å²) in [7, 11) is -1.77. The quantitative estimate of drug-likeness (QED) is 0.627. The summed E-state index contributed by atoms with van der Waals surface area (Å²) in [6.45, 7) is 3.32. The number of methoxy groups -OCH3 is 1. The van der Waals surface area contributed by atoms with E-state index in [9.17, 15) is 12.8 Å². The first kappa shape index (κ1) is 20.7. The second kappa shape index (κ2) is 8.52. The van der Waals surface area contributed by atoms with Crippen LogP contribution in [0.2, 0.25) is 0 Å². The predicted molar refractivity (Wildman–Crippen MR) is 109 cm³/mol. The highest BCUT2D eigenvalue weighted by Gasteiger charge is 2.17. The van der Waals surface area contributed by atoms with Gasteiger partial charge in [-0.05, 0) is 43.7 Å². The first-order valence-corrected chi connectivity index (χ1v) is 10.6. The predicted octanol–water partition coefficient (Wildman–Crippen LogP) is 3.75. The van der Waals surface area contributed by atoms with Gasteiger partial charge in [0.2, 0.25) is 5.95 Å². The van der Waals surface area contributed by atoms with Gasteiger partial charge in [0.05, 0.1) is 23.7 Å². The van der Waals surface area contributed by atoms with Crippen molar-refractivity contribution in [1.29, 1.82) is 0 Å². The van der Waals surface area contributed by atoms with Crippen LogP contribution in [-0.2, 0) is 15.6 Å². The first-order chi connectivity index (χ1) is 13.8. The van der Waals surface area contributed by atoms with Gasteiger partial charge in [-0.15, -0.1) is 0 Å². The number of aromatic nitrogens is 3. The van der Waals surface area contributed by atoms with Gasteiger partial charge in [0.25, 0.3) is 0 Å². The van der Waals surface area contributed by atoms with E-state index in [1.165, 1.54) is 31.6 Å². The van der Waals surface area contributed by atoms with Crippen molar-refractivity contribution in [2.24, 2.45) is 0 Å². The van der Waals surface area contributed by atoms with Gasteiger partial charge >= 0.3 is 0 Å². The molecule has 1 aromatic heterocycles. The van der Waals surface area contributed by atoms with E-state index in [2.05, 4.69) is 20.3 Å². The summed E-state index contributed by atoms with van der Waals surface area (Å²) < 4.78 is 43.0. The van der Waals surface area contributed by atoms with Crippen LogP contribution < -0.4 is 10.1 Å². The molecule has 2 aromatic carbocycles. The molecule has 29 heavy (non-hydrogen) atoms. The molecule has 0 atom stereocenters. The Morgan fingerprint density at radius 3 is 2.66 bits per heavy atom. The van der Waals surface area contributed by atoms with Gasteiger partial charge < -0.3 is 10.1 Å². The number of anilines is 2. The van der Waals surface area contributed by atoms with Gasteiger partial charge in [-0.3, -0.25) is 0 Å². The molecular formula is C20H21FN4O3S. The number of halogens is 1. The third kappa shape index (κ3) is 5.05. The molecule has 0 radical (unpaired) electrons. The average Bonchev–Trinajstić information content (AvgIpc) is 2.68. The number of hydrogen-bond acceptors (Lipinski definition) is 7. The molecule has 1 N–H and O–H groups in total. The highest BCUT2D eigenvalue weighted by atomic mass is 32.2. The molecule has 0 aliphatic rings. The normalized spacial score (nSPS) is 11.5. The minimum absolute atomic E-state index is 0.0462. The summed E-state index contributed by atoms with van der Waals surface area (Å²) in [6.07, 6.45) is 1.33. The third-order valence-electron chi connectivity index (χ3n) is 4.25. The minimum atomic E-state index is -3.21. The summed E-state index contributed by atoms with van der Waals surface area (Å²) in [5.41, 5.74) is 1.83. The molecule has 152 valence electrons. The molecule has 3 rings (SSSR count). The van der Waals surface area contributed by atoms with Gasteiger partial charge in [-0.25, -0.2) is 22.8 Å². The maximum atomic E-state index is 13.4. The van der Waals surface area contributed by atoms with Crippen molar-refractivity contribution in [2.45, 2.75) is 24.9 Å². The number of hydrogen-bond donors (Lipinski definition) is 1. The van der Waals surface area contributed by atoms with Crippen LogP contribution in [0.15, 0.2) is 48.8 Å². The lowest BCUT2D eigenvalue weighted by Gasteiger charge is -2.11. The molecule has 3 aromatic rings. The highest BCUT2D eigenvalue weighted by Crippen LogP contribution is 2.28. The third-order valence-corrected chi connectivity index (χ3v) is 6.42. The zero-order valence-corrected chi connectivity index (χ0v) is 17.1. The van der Waals surface area contributed by atoms with E-state index >= 15 is 0 Å². The second-order valence-electron chi connectivity index (χ2n) is 6.66. The lowest BCUT2D eigenvalue weighted by atomic mass is 10.2. The van der Waals surface area contributed by atoms with Crippen molar-refractivity contribution in [3.8, 4) is 17.1 Å². The van der Waals surface area contributed by atoms with Gasteiger partial charge in [0.15, 0.2) is 15.7 Å². The smallest absolute Gasteiger partial charge is 0.230 e. The Balaban J connectivity index is 1.85. The lowest BCUT2D eigenvalue weighted by molar-refractivity contribution is 0.412. The maximum absolute atomic E-state index is 13.4. The fraction of sp³-hybridized carbons (Fsp3) is 0.250. The summed E-state index contributed by atoms with van der Waals surface area (Å²) in [6, 6.07) is 11.1. The van der Waals surface area contributed by atoms with Crippen molar-refractivity contribution in [3.63, 3.8) is 0 Å². The molecular weight excluding hydrogens is 395 g/mol. The van der Waals surface area contributed by atoms with E-state index < -0.39 is 20.9 Å². The Labute approximate surface area is 168 Å². The summed E-state index contributed by atoms with van der Waals surface area (Å²) in [5.74, 6) is 0.424. The summed E-state index contributed by atoms with van der Waals surface area (Å²) in [4.78, 5) is 12.6. The maximum Gasteiger partial charge on any atom is 0.230 e. The fourth-order valence-corrected chi connectivity index (χ4v) is 3.58. The SMILES string of the molecule is COc1cc(F)ccc1-c1ncnc(Nc2cccc(CS(=O)(=O)C(C)C)c2)n1. The average molecular weight is 416 g/mol. The van der Waals surface area contributed by atoms with Crippen LogP contribution in [0.3, 0.4) is 0 Å². The summed E-state index contributed by atoms with van der Waals surface area (Å²) in [5, 5.41) is 2.60. The molecule has 0 amide bonds. The van der Waals surface area contributed by atoms with Crippen LogP contribution in [0.5, 0.6) is 5.75 Å². The van der Waals surface area contributed by atoms with Gasteiger partial charge in [-0.1, -0.05) is 12.1 Å². The van der Waals surface area contributed by atoms with Gasteiger partial charge in [-0.2, -0.15) is 4.98 Å². The van der Waals surface area contributed by atoms with Crippen LogP contribution in [0.4, 0.5) is 16.0 Å².